The van der Waals surface area contributed by atoms with Crippen molar-refractivity contribution in [2.24, 2.45) is 12.8 Å². The Hall–Kier alpha value is -3.97. The number of aryl methyl sites for hydroxylation is 3. The first-order chi connectivity index (χ1) is 19.5. The molecule has 3 aromatic carbocycles. The second-order valence-electron chi connectivity index (χ2n) is 10.9. The number of amides is 1. The second-order valence-corrected chi connectivity index (χ2v) is 10.9. The van der Waals surface area contributed by atoms with E-state index < -0.39 is 0 Å². The number of nitrogens with two attached hydrogens (primary N) is 1. The summed E-state index contributed by atoms with van der Waals surface area (Å²) in [6.07, 6.45) is 7.41. The van der Waals surface area contributed by atoms with Crippen LogP contribution < -0.4 is 11.1 Å². The topological polar surface area (TPSA) is 100 Å². The van der Waals surface area contributed by atoms with E-state index in [0.29, 0.717) is 18.2 Å². The van der Waals surface area contributed by atoms with Gasteiger partial charge in [-0.15, -0.1) is 0 Å². The summed E-state index contributed by atoms with van der Waals surface area (Å²) >= 11 is 0. The molecule has 7 nitrogen and oxygen atoms in total. The van der Waals surface area contributed by atoms with Crippen molar-refractivity contribution in [2.75, 3.05) is 13.1 Å². The highest BCUT2D eigenvalue weighted by Crippen LogP contribution is 2.25. The molecule has 40 heavy (non-hydrogen) atoms. The first-order valence-electron chi connectivity index (χ1n) is 14.4. The number of carbonyl (C=O) groups is 1. The number of nitrogens with zero attached hydrogens (tertiary/aromatic N) is 3. The fourth-order valence-corrected chi connectivity index (χ4v) is 5.75. The number of aromatic nitrogens is 2. The van der Waals surface area contributed by atoms with Crippen molar-refractivity contribution in [1.82, 2.24) is 19.8 Å². The minimum Gasteiger partial charge on any atom is -0.384 e. The molecule has 0 saturated heterocycles. The van der Waals surface area contributed by atoms with E-state index >= 15 is 0 Å². The van der Waals surface area contributed by atoms with Crippen molar-refractivity contribution in [2.45, 2.75) is 57.5 Å². The summed E-state index contributed by atoms with van der Waals surface area (Å²) in [7, 11) is 2.04. The van der Waals surface area contributed by atoms with Gasteiger partial charge in [-0.05, 0) is 48.6 Å². The van der Waals surface area contributed by atoms with Crippen LogP contribution in [0.4, 0.5) is 0 Å². The predicted octanol–water partition coefficient (Wildman–Crippen LogP) is 5.21. The highest BCUT2D eigenvalue weighted by Gasteiger charge is 2.26. The molecular formula is C33H40N6O. The minimum absolute atomic E-state index is 0.0813. The van der Waals surface area contributed by atoms with Gasteiger partial charge in [-0.25, -0.2) is 4.98 Å². The lowest BCUT2D eigenvalue weighted by Crippen LogP contribution is -2.44. The van der Waals surface area contributed by atoms with Gasteiger partial charge in [0.1, 0.15) is 11.7 Å². The number of benzene rings is 3. The van der Waals surface area contributed by atoms with Gasteiger partial charge in [0.2, 0.25) is 0 Å². The summed E-state index contributed by atoms with van der Waals surface area (Å²) < 4.78 is 2.12. The van der Waals surface area contributed by atoms with Gasteiger partial charge in [0.25, 0.3) is 5.91 Å². The third kappa shape index (κ3) is 6.59. The van der Waals surface area contributed by atoms with E-state index in [1.807, 2.05) is 55.6 Å². The first kappa shape index (κ1) is 27.6. The molecule has 208 valence electrons. The van der Waals surface area contributed by atoms with Crippen molar-refractivity contribution in [3.8, 4) is 0 Å². The van der Waals surface area contributed by atoms with Crippen LogP contribution in [0.5, 0.6) is 0 Å². The Morgan fingerprint density at radius 2 is 1.70 bits per heavy atom. The van der Waals surface area contributed by atoms with E-state index in [1.54, 1.807) is 0 Å². The number of rotatable bonds is 11. The lowest BCUT2D eigenvalue weighted by Gasteiger charge is -2.34. The number of hydrogen-bond acceptors (Lipinski definition) is 4. The van der Waals surface area contributed by atoms with Gasteiger partial charge in [0.05, 0.1) is 11.0 Å². The van der Waals surface area contributed by atoms with Crippen LogP contribution in [0, 0.1) is 5.41 Å². The van der Waals surface area contributed by atoms with Crippen molar-refractivity contribution in [1.29, 1.82) is 5.41 Å². The van der Waals surface area contributed by atoms with Gasteiger partial charge in [0.15, 0.2) is 0 Å². The normalized spacial score (nSPS) is 13.9. The molecule has 1 amide bonds. The van der Waals surface area contributed by atoms with E-state index in [-0.39, 0.29) is 11.7 Å². The number of nitrogen functional groups attached to an aromatic ring is 1. The Balaban J connectivity index is 1.28. The Bertz CT molecular complexity index is 1440. The fourth-order valence-electron chi connectivity index (χ4n) is 5.75. The standard InChI is InChI=1S/C33H40N6O/c1-38-30-18-17-27(22-29(30)37-31(38)19-14-24-12-15-26(16-13-24)32(34)35)33(40)39(28-10-6-3-7-11-28)21-20-36-23-25-8-4-2-5-9-25/h2,4-5,8-9,12-13,15-18,22,28,36H,3,6-7,10-11,14,19-21,23H2,1H3,(H3,34,35). The first-order valence-corrected chi connectivity index (χ1v) is 14.4. The molecule has 0 atom stereocenters. The van der Waals surface area contributed by atoms with Gasteiger partial charge in [-0.1, -0.05) is 73.9 Å². The average molecular weight is 537 g/mol. The van der Waals surface area contributed by atoms with Crippen LogP contribution >= 0.6 is 0 Å². The van der Waals surface area contributed by atoms with Crippen LogP contribution in [0.3, 0.4) is 0 Å². The summed E-state index contributed by atoms with van der Waals surface area (Å²) in [5, 5.41) is 11.1. The molecule has 4 aromatic rings. The zero-order chi connectivity index (χ0) is 27.9. The Kier molecular flexibility index (Phi) is 8.91. The molecule has 1 fully saturated rings. The predicted molar refractivity (Wildman–Crippen MR) is 162 cm³/mol. The minimum atomic E-state index is 0.0813. The van der Waals surface area contributed by atoms with Crippen LogP contribution in [0.1, 0.15) is 65.0 Å². The van der Waals surface area contributed by atoms with E-state index in [0.717, 1.165) is 61.2 Å². The molecule has 1 aliphatic carbocycles. The molecule has 7 heteroatoms. The molecule has 5 rings (SSSR count). The SMILES string of the molecule is Cn1c(CCc2ccc(C(=N)N)cc2)nc2cc(C(=O)N(CCNCc3ccccc3)C3CCCCC3)ccc21. The zero-order valence-corrected chi connectivity index (χ0v) is 23.4. The number of hydrogen-bond donors (Lipinski definition) is 3. The van der Waals surface area contributed by atoms with Crippen molar-refractivity contribution in [3.05, 3.63) is 101 Å². The largest absolute Gasteiger partial charge is 0.384 e. The molecule has 0 unspecified atom stereocenters. The number of carbonyl (C=O) groups excluding carboxylic acids is 1. The van der Waals surface area contributed by atoms with Crippen molar-refractivity contribution in [3.63, 3.8) is 0 Å². The number of fused-ring (bicyclic) bond motifs is 1. The molecule has 1 heterocycles. The number of imidazole rings is 1. The van der Waals surface area contributed by atoms with Gasteiger partial charge in [-0.3, -0.25) is 10.2 Å². The lowest BCUT2D eigenvalue weighted by molar-refractivity contribution is 0.0636. The molecule has 0 radical (unpaired) electrons. The van der Waals surface area contributed by atoms with Crippen LogP contribution in [0.15, 0.2) is 72.8 Å². The molecular weight excluding hydrogens is 496 g/mol. The molecule has 0 aliphatic heterocycles. The third-order valence-electron chi connectivity index (χ3n) is 8.10. The van der Waals surface area contributed by atoms with Gasteiger partial charge in [-0.2, -0.15) is 0 Å². The monoisotopic (exact) mass is 536 g/mol. The van der Waals surface area contributed by atoms with E-state index in [4.69, 9.17) is 16.1 Å². The van der Waals surface area contributed by atoms with Gasteiger partial charge < -0.3 is 20.5 Å². The number of nitrogens with one attached hydrogen (secondary N) is 2. The zero-order valence-electron chi connectivity index (χ0n) is 23.4. The maximum absolute atomic E-state index is 13.9. The molecule has 1 aliphatic rings. The summed E-state index contributed by atoms with van der Waals surface area (Å²) in [5.41, 5.74) is 11.4. The van der Waals surface area contributed by atoms with Crippen LogP contribution in [-0.2, 0) is 26.4 Å². The summed E-state index contributed by atoms with van der Waals surface area (Å²) in [6.45, 7) is 2.27. The maximum Gasteiger partial charge on any atom is 0.254 e. The van der Waals surface area contributed by atoms with Crippen LogP contribution in [0.25, 0.3) is 11.0 Å². The summed E-state index contributed by atoms with van der Waals surface area (Å²) in [4.78, 5) is 20.9. The third-order valence-corrected chi connectivity index (χ3v) is 8.10. The summed E-state index contributed by atoms with van der Waals surface area (Å²) in [5.74, 6) is 1.18. The fraction of sp³-hybridized carbons (Fsp3) is 0.364. The smallest absolute Gasteiger partial charge is 0.254 e. The van der Waals surface area contributed by atoms with Crippen molar-refractivity contribution >= 4 is 22.8 Å². The van der Waals surface area contributed by atoms with Crippen LogP contribution in [0.2, 0.25) is 0 Å². The molecule has 4 N–H and O–H groups in total. The highest BCUT2D eigenvalue weighted by atomic mass is 16.2. The molecule has 1 saturated carbocycles. The summed E-state index contributed by atoms with van der Waals surface area (Å²) in [6, 6.07) is 24.5. The van der Waals surface area contributed by atoms with Crippen LogP contribution in [-0.4, -0.2) is 45.3 Å². The average Bonchev–Trinajstić information content (AvgIpc) is 3.31. The number of amidine groups is 1. The van der Waals surface area contributed by atoms with E-state index in [2.05, 4.69) is 39.0 Å². The van der Waals surface area contributed by atoms with E-state index in [9.17, 15) is 4.79 Å². The Morgan fingerprint density at radius 3 is 2.42 bits per heavy atom. The Morgan fingerprint density at radius 1 is 0.975 bits per heavy atom. The van der Waals surface area contributed by atoms with E-state index in [1.165, 1.54) is 30.4 Å². The van der Waals surface area contributed by atoms with Crippen molar-refractivity contribution < 1.29 is 4.79 Å². The molecule has 0 bridgehead atoms. The van der Waals surface area contributed by atoms with Gasteiger partial charge in [0, 0.05) is 50.3 Å². The highest BCUT2D eigenvalue weighted by molar-refractivity contribution is 5.97. The second kappa shape index (κ2) is 12.9. The Labute approximate surface area is 236 Å². The molecule has 1 aromatic heterocycles. The lowest BCUT2D eigenvalue weighted by atomic mass is 9.93. The van der Waals surface area contributed by atoms with Gasteiger partial charge >= 0.3 is 0 Å². The quantitative estimate of drug-likeness (QED) is 0.139. The maximum atomic E-state index is 13.9. The molecule has 0 spiro atoms.